The molecule has 0 N–H and O–H groups in total. The van der Waals surface area contributed by atoms with Crippen LogP contribution in [0.4, 0.5) is 0 Å². The topological polar surface area (TPSA) is 43.4 Å². The van der Waals surface area contributed by atoms with Gasteiger partial charge < -0.3 is 0 Å². The molecule has 208 valence electrons. The SMILES string of the molecule is CCCCCCCCCCCCCCCCCCCCOS(=O)(=O)CCCCCCCCCC.[KH]. The zero-order valence-corrected chi connectivity index (χ0v) is 24.2. The summed E-state index contributed by atoms with van der Waals surface area (Å²) in [4.78, 5) is 0. The van der Waals surface area contributed by atoms with Crippen molar-refractivity contribution in [3.8, 4) is 0 Å². The van der Waals surface area contributed by atoms with Gasteiger partial charge in [-0.25, -0.2) is 0 Å². The Hall–Kier alpha value is 1.55. The summed E-state index contributed by atoms with van der Waals surface area (Å²) < 4.78 is 29.1. The van der Waals surface area contributed by atoms with Crippen LogP contribution < -0.4 is 0 Å². The van der Waals surface area contributed by atoms with Gasteiger partial charge in [-0.05, 0) is 12.8 Å². The van der Waals surface area contributed by atoms with Crippen LogP contribution in [0.2, 0.25) is 0 Å². The molecule has 0 unspecified atom stereocenters. The molecule has 0 aliphatic carbocycles. The van der Waals surface area contributed by atoms with Crippen molar-refractivity contribution < 1.29 is 12.6 Å². The van der Waals surface area contributed by atoms with Crippen molar-refractivity contribution in [1.82, 2.24) is 0 Å². The second-order valence-corrected chi connectivity index (χ2v) is 12.3. The molecule has 0 saturated carbocycles. The quantitative estimate of drug-likeness (QED) is 0.0536. The van der Waals surface area contributed by atoms with Crippen molar-refractivity contribution in [2.24, 2.45) is 0 Å². The Labute approximate surface area is 264 Å². The standard InChI is InChI=1S/C30H62O3S.K.H/c1-3-5-7-9-11-13-14-15-16-17-18-19-20-21-22-23-25-27-29-33-34(31,32)30-28-26-24-12-10-8-6-4-2;;/h3-30H2,1-2H3;;. The summed E-state index contributed by atoms with van der Waals surface area (Å²) in [6, 6.07) is 0. The van der Waals surface area contributed by atoms with Crippen LogP contribution in [0.3, 0.4) is 0 Å². The number of rotatable bonds is 29. The Morgan fingerprint density at radius 3 is 0.971 bits per heavy atom. The minimum absolute atomic E-state index is 0. The normalized spacial score (nSPS) is 11.6. The third-order valence-electron chi connectivity index (χ3n) is 7.01. The van der Waals surface area contributed by atoms with Crippen molar-refractivity contribution in [3.05, 3.63) is 0 Å². The van der Waals surface area contributed by atoms with Gasteiger partial charge in [-0.3, -0.25) is 4.18 Å². The summed E-state index contributed by atoms with van der Waals surface area (Å²) in [5.74, 6) is 0.195. The Balaban J connectivity index is 0. The van der Waals surface area contributed by atoms with Gasteiger partial charge in [0.2, 0.25) is 0 Å². The maximum absolute atomic E-state index is 12.0. The van der Waals surface area contributed by atoms with Gasteiger partial charge in [0, 0.05) is 0 Å². The van der Waals surface area contributed by atoms with Crippen molar-refractivity contribution in [2.45, 2.75) is 181 Å². The molecule has 0 aliphatic heterocycles. The van der Waals surface area contributed by atoms with Gasteiger partial charge in [0.25, 0.3) is 10.1 Å². The molecule has 0 aliphatic rings. The molecule has 0 rings (SSSR count). The zero-order chi connectivity index (χ0) is 25.0. The van der Waals surface area contributed by atoms with Gasteiger partial charge in [-0.1, -0.05) is 168 Å². The third kappa shape index (κ3) is 33.5. The number of hydrogen-bond donors (Lipinski definition) is 0. The Bertz CT molecular complexity index is 482. The van der Waals surface area contributed by atoms with Gasteiger partial charge in [-0.15, -0.1) is 0 Å². The van der Waals surface area contributed by atoms with Gasteiger partial charge in [-0.2, -0.15) is 8.42 Å². The van der Waals surface area contributed by atoms with Gasteiger partial charge in [0.05, 0.1) is 12.4 Å². The first-order valence-electron chi connectivity index (χ1n) is 15.5. The summed E-state index contributed by atoms with van der Waals surface area (Å²) in [6.07, 6.45) is 33.5. The Morgan fingerprint density at radius 2 is 0.657 bits per heavy atom. The molecule has 0 radical (unpaired) electrons. The van der Waals surface area contributed by atoms with Crippen molar-refractivity contribution in [2.75, 3.05) is 12.4 Å². The first-order chi connectivity index (χ1) is 16.6. The molecule has 0 saturated heterocycles. The fourth-order valence-corrected chi connectivity index (χ4v) is 5.71. The first kappa shape index (κ1) is 38.7. The molecule has 3 nitrogen and oxygen atoms in total. The van der Waals surface area contributed by atoms with Crippen LogP contribution in [-0.2, 0) is 14.3 Å². The molecule has 5 heteroatoms. The van der Waals surface area contributed by atoms with E-state index in [1.807, 2.05) is 0 Å². The molecule has 0 aromatic rings. The third-order valence-corrected chi connectivity index (χ3v) is 8.32. The Morgan fingerprint density at radius 1 is 0.400 bits per heavy atom. The first-order valence-corrected chi connectivity index (χ1v) is 17.1. The van der Waals surface area contributed by atoms with Crippen molar-refractivity contribution in [1.29, 1.82) is 0 Å². The molecule has 0 fully saturated rings. The summed E-state index contributed by atoms with van der Waals surface area (Å²) in [5.41, 5.74) is 0. The second kappa shape index (κ2) is 31.8. The van der Waals surface area contributed by atoms with E-state index < -0.39 is 10.1 Å². The summed E-state index contributed by atoms with van der Waals surface area (Å²) in [6.45, 7) is 4.89. The van der Waals surface area contributed by atoms with Crippen LogP contribution in [0.5, 0.6) is 0 Å². The molecule has 0 amide bonds. The molecule has 0 aromatic carbocycles. The fourth-order valence-electron chi connectivity index (χ4n) is 4.66. The van der Waals surface area contributed by atoms with Gasteiger partial charge >= 0.3 is 51.4 Å². The monoisotopic (exact) mass is 542 g/mol. The summed E-state index contributed by atoms with van der Waals surface area (Å²) >= 11 is 0. The van der Waals surface area contributed by atoms with Crippen LogP contribution >= 0.6 is 0 Å². The average Bonchev–Trinajstić information content (AvgIpc) is 2.82. The molecular formula is C30H63KO3S. The molecule has 35 heavy (non-hydrogen) atoms. The van der Waals surface area contributed by atoms with E-state index >= 15 is 0 Å². The van der Waals surface area contributed by atoms with Gasteiger partial charge in [0.1, 0.15) is 0 Å². The van der Waals surface area contributed by atoms with Crippen LogP contribution in [0, 0.1) is 0 Å². The van der Waals surface area contributed by atoms with E-state index in [-0.39, 0.29) is 57.1 Å². The van der Waals surface area contributed by atoms with E-state index in [0.717, 1.165) is 32.1 Å². The average molecular weight is 543 g/mol. The Kier molecular flexibility index (Phi) is 35.1. The van der Waals surface area contributed by atoms with Crippen LogP contribution in [0.25, 0.3) is 0 Å². The van der Waals surface area contributed by atoms with E-state index in [1.54, 1.807) is 0 Å². The van der Waals surface area contributed by atoms with E-state index in [0.29, 0.717) is 6.61 Å². The van der Waals surface area contributed by atoms with Gasteiger partial charge in [0.15, 0.2) is 0 Å². The van der Waals surface area contributed by atoms with E-state index in [1.165, 1.54) is 135 Å². The second-order valence-electron chi connectivity index (χ2n) is 10.6. The maximum atomic E-state index is 12.0. The van der Waals surface area contributed by atoms with Crippen LogP contribution in [-0.4, -0.2) is 72.2 Å². The molecule has 0 bridgehead atoms. The van der Waals surface area contributed by atoms with Crippen LogP contribution in [0.1, 0.15) is 181 Å². The number of unbranched alkanes of at least 4 members (excludes halogenated alkanes) is 24. The van der Waals surface area contributed by atoms with E-state index in [4.69, 9.17) is 4.18 Å². The molecule has 0 aromatic heterocycles. The molecule has 0 heterocycles. The number of hydrogen-bond acceptors (Lipinski definition) is 3. The van der Waals surface area contributed by atoms with Crippen molar-refractivity contribution >= 4 is 61.5 Å². The molecule has 0 atom stereocenters. The molecular weight excluding hydrogens is 479 g/mol. The van der Waals surface area contributed by atoms with Crippen molar-refractivity contribution in [3.63, 3.8) is 0 Å². The summed E-state index contributed by atoms with van der Waals surface area (Å²) in [5, 5.41) is 0. The van der Waals surface area contributed by atoms with Crippen LogP contribution in [0.15, 0.2) is 0 Å². The van der Waals surface area contributed by atoms with E-state index in [2.05, 4.69) is 13.8 Å². The summed E-state index contributed by atoms with van der Waals surface area (Å²) in [7, 11) is -3.31. The minimum atomic E-state index is -3.31. The van der Waals surface area contributed by atoms with E-state index in [9.17, 15) is 8.42 Å². The zero-order valence-electron chi connectivity index (χ0n) is 23.4. The fraction of sp³-hybridized carbons (Fsp3) is 1.00. The molecule has 0 spiro atoms. The predicted octanol–water partition coefficient (Wildman–Crippen LogP) is 9.87. The predicted molar refractivity (Wildman–Crippen MR) is 158 cm³/mol.